The molecule has 1 fully saturated rings. The van der Waals surface area contributed by atoms with Crippen LogP contribution in [-0.4, -0.2) is 18.5 Å². The molecule has 74 valence electrons. The van der Waals surface area contributed by atoms with Crippen LogP contribution in [0.15, 0.2) is 4.99 Å². The molecule has 4 unspecified atom stereocenters. The molecular formula is C11H19NO. The SMILES string of the molecule is COC1=NC2(C)C(C)C2(C)C(C)C1. The van der Waals surface area contributed by atoms with Crippen LogP contribution in [0.25, 0.3) is 0 Å². The quantitative estimate of drug-likeness (QED) is 0.562. The average molecular weight is 181 g/mol. The summed E-state index contributed by atoms with van der Waals surface area (Å²) in [6, 6.07) is 0. The summed E-state index contributed by atoms with van der Waals surface area (Å²) < 4.78 is 5.27. The Kier molecular flexibility index (Phi) is 1.59. The Hall–Kier alpha value is -0.530. The highest BCUT2D eigenvalue weighted by molar-refractivity contribution is 5.79. The predicted molar refractivity (Wildman–Crippen MR) is 53.9 cm³/mol. The molecule has 2 heteroatoms. The lowest BCUT2D eigenvalue weighted by atomic mass is 9.83. The van der Waals surface area contributed by atoms with Crippen molar-refractivity contribution in [1.82, 2.24) is 0 Å². The maximum Gasteiger partial charge on any atom is 0.183 e. The number of rotatable bonds is 0. The third kappa shape index (κ3) is 0.818. The van der Waals surface area contributed by atoms with Crippen LogP contribution in [0.2, 0.25) is 0 Å². The molecule has 1 heterocycles. The molecule has 0 aromatic carbocycles. The summed E-state index contributed by atoms with van der Waals surface area (Å²) in [4.78, 5) is 4.70. The lowest BCUT2D eigenvalue weighted by molar-refractivity contribution is 0.267. The molecule has 0 spiro atoms. The molecule has 0 radical (unpaired) electrons. The van der Waals surface area contributed by atoms with Gasteiger partial charge in [0.2, 0.25) is 0 Å². The zero-order valence-corrected chi connectivity index (χ0v) is 9.22. The maximum absolute atomic E-state index is 5.27. The van der Waals surface area contributed by atoms with E-state index in [2.05, 4.69) is 27.7 Å². The van der Waals surface area contributed by atoms with Crippen LogP contribution in [0.3, 0.4) is 0 Å². The molecule has 1 aliphatic heterocycles. The van der Waals surface area contributed by atoms with Gasteiger partial charge < -0.3 is 4.74 Å². The zero-order valence-electron chi connectivity index (χ0n) is 9.22. The van der Waals surface area contributed by atoms with Crippen LogP contribution < -0.4 is 0 Å². The first kappa shape index (κ1) is 9.04. The second-order valence-electron chi connectivity index (χ2n) is 4.97. The lowest BCUT2D eigenvalue weighted by Gasteiger charge is -2.28. The Morgan fingerprint density at radius 2 is 2.00 bits per heavy atom. The van der Waals surface area contributed by atoms with Crippen molar-refractivity contribution in [3.05, 3.63) is 0 Å². The van der Waals surface area contributed by atoms with E-state index in [1.165, 1.54) is 0 Å². The average Bonchev–Trinajstić information content (AvgIpc) is 2.53. The van der Waals surface area contributed by atoms with E-state index in [0.29, 0.717) is 17.3 Å². The van der Waals surface area contributed by atoms with E-state index in [4.69, 9.17) is 9.73 Å². The minimum absolute atomic E-state index is 0.149. The number of ether oxygens (including phenoxy) is 1. The van der Waals surface area contributed by atoms with Gasteiger partial charge >= 0.3 is 0 Å². The number of nitrogens with zero attached hydrogens (tertiary/aromatic N) is 1. The Labute approximate surface area is 80.4 Å². The van der Waals surface area contributed by atoms with E-state index in [0.717, 1.165) is 12.3 Å². The summed E-state index contributed by atoms with van der Waals surface area (Å²) in [5, 5.41) is 0. The van der Waals surface area contributed by atoms with Crippen molar-refractivity contribution < 1.29 is 4.74 Å². The summed E-state index contributed by atoms with van der Waals surface area (Å²) in [7, 11) is 1.73. The minimum Gasteiger partial charge on any atom is -0.484 e. The maximum atomic E-state index is 5.27. The van der Waals surface area contributed by atoms with Crippen LogP contribution in [0.1, 0.15) is 34.1 Å². The van der Waals surface area contributed by atoms with E-state index in [9.17, 15) is 0 Å². The summed E-state index contributed by atoms with van der Waals surface area (Å²) in [6.07, 6.45) is 1.01. The largest absolute Gasteiger partial charge is 0.484 e. The molecule has 0 saturated heterocycles. The second-order valence-corrected chi connectivity index (χ2v) is 4.97. The zero-order chi connectivity index (χ0) is 9.85. The predicted octanol–water partition coefficient (Wildman–Crippen LogP) is 2.49. The van der Waals surface area contributed by atoms with Crippen molar-refractivity contribution in [3.8, 4) is 0 Å². The first-order valence-corrected chi connectivity index (χ1v) is 5.09. The van der Waals surface area contributed by atoms with Gasteiger partial charge in [-0.05, 0) is 18.8 Å². The first-order valence-electron chi connectivity index (χ1n) is 5.09. The van der Waals surface area contributed by atoms with Crippen LogP contribution in [-0.2, 0) is 4.74 Å². The monoisotopic (exact) mass is 181 g/mol. The molecule has 13 heavy (non-hydrogen) atoms. The van der Waals surface area contributed by atoms with Gasteiger partial charge in [-0.15, -0.1) is 0 Å². The van der Waals surface area contributed by atoms with Crippen LogP contribution >= 0.6 is 0 Å². The highest BCUT2D eigenvalue weighted by Gasteiger charge is 2.72. The Balaban J connectivity index is 2.36. The van der Waals surface area contributed by atoms with Crippen molar-refractivity contribution in [2.75, 3.05) is 7.11 Å². The third-order valence-corrected chi connectivity index (χ3v) is 4.85. The molecule has 2 nitrogen and oxygen atoms in total. The highest BCUT2D eigenvalue weighted by Crippen LogP contribution is 2.70. The van der Waals surface area contributed by atoms with Gasteiger partial charge in [-0.1, -0.05) is 20.8 Å². The molecule has 0 N–H and O–H groups in total. The molecule has 2 aliphatic rings. The molecule has 1 aliphatic carbocycles. The molecule has 0 amide bonds. The Morgan fingerprint density at radius 3 is 2.46 bits per heavy atom. The van der Waals surface area contributed by atoms with Crippen molar-refractivity contribution in [3.63, 3.8) is 0 Å². The summed E-state index contributed by atoms with van der Waals surface area (Å²) in [5.74, 6) is 2.33. The molecule has 0 aromatic heterocycles. The fourth-order valence-corrected chi connectivity index (χ4v) is 3.12. The van der Waals surface area contributed by atoms with Crippen molar-refractivity contribution in [1.29, 1.82) is 0 Å². The number of methoxy groups -OCH3 is 1. The molecule has 4 atom stereocenters. The van der Waals surface area contributed by atoms with Crippen molar-refractivity contribution in [2.45, 2.75) is 39.7 Å². The summed E-state index contributed by atoms with van der Waals surface area (Å²) >= 11 is 0. The van der Waals surface area contributed by atoms with Crippen LogP contribution in [0.4, 0.5) is 0 Å². The minimum atomic E-state index is 0.149. The van der Waals surface area contributed by atoms with Gasteiger partial charge in [0.15, 0.2) is 5.90 Å². The third-order valence-electron chi connectivity index (χ3n) is 4.85. The van der Waals surface area contributed by atoms with Gasteiger partial charge in [-0.2, -0.15) is 0 Å². The van der Waals surface area contributed by atoms with Gasteiger partial charge in [0.05, 0.1) is 12.6 Å². The molecule has 1 saturated carbocycles. The van der Waals surface area contributed by atoms with Crippen LogP contribution in [0, 0.1) is 17.3 Å². The van der Waals surface area contributed by atoms with Crippen molar-refractivity contribution in [2.24, 2.45) is 22.2 Å². The van der Waals surface area contributed by atoms with Gasteiger partial charge in [-0.3, -0.25) is 0 Å². The molecule has 0 aromatic rings. The van der Waals surface area contributed by atoms with Crippen LogP contribution in [0.5, 0.6) is 0 Å². The van der Waals surface area contributed by atoms with E-state index in [-0.39, 0.29) is 5.54 Å². The smallest absolute Gasteiger partial charge is 0.183 e. The number of hydrogen-bond donors (Lipinski definition) is 0. The number of fused-ring (bicyclic) bond motifs is 1. The standard InChI is InChI=1S/C11H19NO/c1-7-6-9(13-5)12-11(4)8(2)10(7,11)3/h7-8H,6H2,1-5H3. The second kappa shape index (κ2) is 2.28. The topological polar surface area (TPSA) is 21.6 Å². The van der Waals surface area contributed by atoms with Gasteiger partial charge in [0.25, 0.3) is 0 Å². The molecule has 2 rings (SSSR count). The van der Waals surface area contributed by atoms with Gasteiger partial charge in [0.1, 0.15) is 0 Å². The van der Waals surface area contributed by atoms with E-state index in [1.807, 2.05) is 0 Å². The fraction of sp³-hybridized carbons (Fsp3) is 0.909. The lowest BCUT2D eigenvalue weighted by Crippen LogP contribution is -2.29. The van der Waals surface area contributed by atoms with Gasteiger partial charge in [-0.25, -0.2) is 4.99 Å². The highest BCUT2D eigenvalue weighted by atomic mass is 16.5. The summed E-state index contributed by atoms with van der Waals surface area (Å²) in [5.41, 5.74) is 0.561. The molecule has 0 bridgehead atoms. The van der Waals surface area contributed by atoms with E-state index < -0.39 is 0 Å². The Bertz CT molecular complexity index is 273. The number of hydrogen-bond acceptors (Lipinski definition) is 2. The number of aliphatic imine (C=N–C) groups is 1. The molecular weight excluding hydrogens is 162 g/mol. The fourth-order valence-electron chi connectivity index (χ4n) is 3.12. The van der Waals surface area contributed by atoms with Crippen molar-refractivity contribution >= 4 is 5.90 Å². The summed E-state index contributed by atoms with van der Waals surface area (Å²) in [6.45, 7) is 9.23. The Morgan fingerprint density at radius 1 is 1.38 bits per heavy atom. The van der Waals surface area contributed by atoms with E-state index >= 15 is 0 Å². The van der Waals surface area contributed by atoms with E-state index in [1.54, 1.807) is 7.11 Å². The van der Waals surface area contributed by atoms with Gasteiger partial charge in [0, 0.05) is 11.8 Å². The normalized spacial score (nSPS) is 53.8. The first-order chi connectivity index (χ1) is 5.96.